The third-order valence-electron chi connectivity index (χ3n) is 3.35. The molecule has 122 valence electrons. The summed E-state index contributed by atoms with van der Waals surface area (Å²) in [6.07, 6.45) is 4.22. The van der Waals surface area contributed by atoms with Gasteiger partial charge in [-0.2, -0.15) is 0 Å². The number of carbonyl (C=O) groups excluding carboxylic acids is 1. The maximum atomic E-state index is 11.7. The number of aromatic nitrogens is 1. The van der Waals surface area contributed by atoms with Crippen molar-refractivity contribution in [3.8, 4) is 0 Å². The van der Waals surface area contributed by atoms with Crippen LogP contribution in [0.3, 0.4) is 0 Å². The van der Waals surface area contributed by atoms with Crippen molar-refractivity contribution in [2.45, 2.75) is 19.9 Å². The van der Waals surface area contributed by atoms with Crippen molar-refractivity contribution in [1.82, 2.24) is 15.2 Å². The number of nitrogens with zero attached hydrogens (tertiary/aromatic N) is 2. The molecule has 1 amide bonds. The molecule has 0 aliphatic rings. The Bertz CT molecular complexity index is 637. The molecular formula is C18H23N3OS. The van der Waals surface area contributed by atoms with Gasteiger partial charge in [0.15, 0.2) is 0 Å². The molecule has 23 heavy (non-hydrogen) atoms. The van der Waals surface area contributed by atoms with E-state index in [9.17, 15) is 4.79 Å². The predicted molar refractivity (Wildman–Crippen MR) is 96.3 cm³/mol. The number of nitrogens with one attached hydrogen (secondary N) is 1. The second kappa shape index (κ2) is 9.22. The molecule has 0 saturated carbocycles. The lowest BCUT2D eigenvalue weighted by Crippen LogP contribution is -2.26. The van der Waals surface area contributed by atoms with E-state index in [0.717, 1.165) is 30.2 Å². The summed E-state index contributed by atoms with van der Waals surface area (Å²) >= 11 is 1.58. The lowest BCUT2D eigenvalue weighted by atomic mass is 10.2. The summed E-state index contributed by atoms with van der Waals surface area (Å²) in [5.41, 5.74) is 2.14. The molecule has 5 heteroatoms. The fourth-order valence-corrected chi connectivity index (χ4v) is 2.79. The first-order valence-electron chi connectivity index (χ1n) is 7.74. The van der Waals surface area contributed by atoms with Crippen molar-refractivity contribution in [2.24, 2.45) is 0 Å². The minimum Gasteiger partial charge on any atom is -0.353 e. The molecule has 0 radical (unpaired) electrons. The monoisotopic (exact) mass is 329 g/mol. The van der Waals surface area contributed by atoms with Gasteiger partial charge in [-0.05, 0) is 38.6 Å². The molecule has 1 heterocycles. The van der Waals surface area contributed by atoms with Crippen LogP contribution in [0.25, 0.3) is 6.08 Å². The zero-order chi connectivity index (χ0) is 16.5. The topological polar surface area (TPSA) is 45.2 Å². The van der Waals surface area contributed by atoms with Crippen LogP contribution < -0.4 is 5.32 Å². The number of benzene rings is 1. The lowest BCUT2D eigenvalue weighted by Gasteiger charge is -2.16. The number of amides is 1. The molecule has 1 aromatic heterocycles. The van der Waals surface area contributed by atoms with Gasteiger partial charge in [-0.15, -0.1) is 11.3 Å². The van der Waals surface area contributed by atoms with Crippen LogP contribution in [0.2, 0.25) is 0 Å². The molecule has 0 atom stereocenters. The molecule has 0 spiro atoms. The van der Waals surface area contributed by atoms with Crippen molar-refractivity contribution in [3.05, 3.63) is 58.1 Å². The molecule has 0 bridgehead atoms. The van der Waals surface area contributed by atoms with Gasteiger partial charge in [0.25, 0.3) is 0 Å². The molecule has 0 fully saturated rings. The van der Waals surface area contributed by atoms with Crippen LogP contribution in [0.15, 0.2) is 41.8 Å². The Morgan fingerprint density at radius 2 is 2.13 bits per heavy atom. The number of hydrogen-bond donors (Lipinski definition) is 1. The van der Waals surface area contributed by atoms with Gasteiger partial charge in [0.1, 0.15) is 0 Å². The third-order valence-corrected chi connectivity index (χ3v) is 4.15. The van der Waals surface area contributed by atoms with E-state index in [1.54, 1.807) is 23.5 Å². The van der Waals surface area contributed by atoms with E-state index < -0.39 is 0 Å². The summed E-state index contributed by atoms with van der Waals surface area (Å²) < 4.78 is 0. The molecule has 2 aromatic rings. The minimum absolute atomic E-state index is 0.0682. The number of carbonyl (C=O) groups is 1. The number of hydrogen-bond acceptors (Lipinski definition) is 4. The Labute approximate surface area is 141 Å². The number of rotatable bonds is 8. The molecule has 0 saturated heterocycles. The molecule has 4 nitrogen and oxygen atoms in total. The van der Waals surface area contributed by atoms with Gasteiger partial charge >= 0.3 is 0 Å². The zero-order valence-corrected chi connectivity index (χ0v) is 14.5. The van der Waals surface area contributed by atoms with Gasteiger partial charge in [-0.1, -0.05) is 30.3 Å². The van der Waals surface area contributed by atoms with E-state index >= 15 is 0 Å². The van der Waals surface area contributed by atoms with Gasteiger partial charge in [0, 0.05) is 24.5 Å². The van der Waals surface area contributed by atoms with Gasteiger partial charge in [0.05, 0.1) is 10.7 Å². The zero-order valence-electron chi connectivity index (χ0n) is 13.7. The van der Waals surface area contributed by atoms with Crippen LogP contribution in [0.1, 0.15) is 22.7 Å². The molecule has 0 unspecified atom stereocenters. The Balaban J connectivity index is 1.61. The first-order chi connectivity index (χ1) is 11.1. The van der Waals surface area contributed by atoms with Gasteiger partial charge in [-0.25, -0.2) is 4.98 Å². The summed E-state index contributed by atoms with van der Waals surface area (Å²) in [4.78, 5) is 18.3. The van der Waals surface area contributed by atoms with Crippen molar-refractivity contribution in [2.75, 3.05) is 20.1 Å². The minimum atomic E-state index is -0.0682. The van der Waals surface area contributed by atoms with Crippen LogP contribution in [0, 0.1) is 6.92 Å². The van der Waals surface area contributed by atoms with Crippen LogP contribution in [0.4, 0.5) is 0 Å². The second-order valence-electron chi connectivity index (χ2n) is 5.49. The predicted octanol–water partition coefficient (Wildman–Crippen LogP) is 3.10. The fraction of sp³-hybridized carbons (Fsp3) is 0.333. The molecule has 2 rings (SSSR count). The van der Waals surface area contributed by atoms with Gasteiger partial charge < -0.3 is 10.2 Å². The Morgan fingerprint density at radius 1 is 1.35 bits per heavy atom. The highest BCUT2D eigenvalue weighted by Crippen LogP contribution is 2.08. The molecule has 1 N–H and O–H groups in total. The van der Waals surface area contributed by atoms with Gasteiger partial charge in [0.2, 0.25) is 5.91 Å². The fourth-order valence-electron chi connectivity index (χ4n) is 2.21. The number of thiazole rings is 1. The maximum Gasteiger partial charge on any atom is 0.244 e. The van der Waals surface area contributed by atoms with E-state index in [-0.39, 0.29) is 5.91 Å². The molecular weight excluding hydrogens is 306 g/mol. The molecule has 0 aliphatic heterocycles. The molecule has 1 aromatic carbocycles. The van der Waals surface area contributed by atoms with Crippen LogP contribution in [-0.4, -0.2) is 35.9 Å². The van der Waals surface area contributed by atoms with E-state index in [1.807, 2.05) is 18.4 Å². The largest absolute Gasteiger partial charge is 0.353 e. The van der Waals surface area contributed by atoms with Crippen LogP contribution in [0.5, 0.6) is 0 Å². The van der Waals surface area contributed by atoms with Crippen molar-refractivity contribution in [3.63, 3.8) is 0 Å². The van der Waals surface area contributed by atoms with E-state index in [4.69, 9.17) is 0 Å². The average Bonchev–Trinajstić information content (AvgIpc) is 2.96. The van der Waals surface area contributed by atoms with Gasteiger partial charge in [-0.3, -0.25) is 4.79 Å². The quantitative estimate of drug-likeness (QED) is 0.598. The first kappa shape index (κ1) is 17.4. The highest BCUT2D eigenvalue weighted by Gasteiger charge is 2.01. The molecule has 0 aliphatic carbocycles. The summed E-state index contributed by atoms with van der Waals surface area (Å²) in [5, 5.41) is 5.85. The van der Waals surface area contributed by atoms with E-state index in [0.29, 0.717) is 6.54 Å². The average molecular weight is 329 g/mol. The van der Waals surface area contributed by atoms with E-state index in [1.165, 1.54) is 5.56 Å². The summed E-state index contributed by atoms with van der Waals surface area (Å²) in [6, 6.07) is 10.4. The normalized spacial score (nSPS) is 11.3. The third kappa shape index (κ3) is 6.76. The van der Waals surface area contributed by atoms with E-state index in [2.05, 4.69) is 46.5 Å². The van der Waals surface area contributed by atoms with Crippen molar-refractivity contribution < 1.29 is 4.79 Å². The highest BCUT2D eigenvalue weighted by atomic mass is 32.1. The lowest BCUT2D eigenvalue weighted by molar-refractivity contribution is -0.116. The summed E-state index contributed by atoms with van der Waals surface area (Å²) in [6.45, 7) is 4.51. The summed E-state index contributed by atoms with van der Waals surface area (Å²) in [5.74, 6) is -0.0682. The first-order valence-corrected chi connectivity index (χ1v) is 8.62. The number of aryl methyl sites for hydroxylation is 1. The highest BCUT2D eigenvalue weighted by molar-refractivity contribution is 7.09. The summed E-state index contributed by atoms with van der Waals surface area (Å²) in [7, 11) is 2.10. The Kier molecular flexibility index (Phi) is 6.97. The standard InChI is InChI=1S/C18H23N3OS/c1-15-20-17(14-23-15)9-10-18(22)19-11-6-12-21(2)13-16-7-4-3-5-8-16/h3-5,7-10,14H,6,11-13H2,1-2H3,(H,19,22)/b10-9+. The maximum absolute atomic E-state index is 11.7. The van der Waals surface area contributed by atoms with Crippen LogP contribution >= 0.6 is 11.3 Å². The van der Waals surface area contributed by atoms with Crippen LogP contribution in [-0.2, 0) is 11.3 Å². The smallest absolute Gasteiger partial charge is 0.244 e. The Morgan fingerprint density at radius 3 is 2.83 bits per heavy atom. The second-order valence-corrected chi connectivity index (χ2v) is 6.55. The van der Waals surface area contributed by atoms with Crippen molar-refractivity contribution in [1.29, 1.82) is 0 Å². The SMILES string of the molecule is Cc1nc(/C=C/C(=O)NCCCN(C)Cc2ccccc2)cs1. The Hall–Kier alpha value is -1.98. The van der Waals surface area contributed by atoms with Crippen molar-refractivity contribution >= 4 is 23.3 Å².